The van der Waals surface area contributed by atoms with Crippen molar-refractivity contribution in [3.63, 3.8) is 0 Å². The van der Waals surface area contributed by atoms with Gasteiger partial charge in [-0.25, -0.2) is 0 Å². The normalized spacial score (nSPS) is 13.4. The zero-order chi connectivity index (χ0) is 6.57. The van der Waals surface area contributed by atoms with Crippen LogP contribution in [-0.4, -0.2) is 11.8 Å². The van der Waals surface area contributed by atoms with E-state index in [1.54, 1.807) is 0 Å². The first-order valence-electron chi connectivity index (χ1n) is 2.52. The minimum atomic E-state index is 0.356. The topological polar surface area (TPSA) is 0 Å². The van der Waals surface area contributed by atoms with Crippen LogP contribution in [0.4, 0.5) is 0 Å². The third kappa shape index (κ3) is 2.58. The molecule has 48 valence electrons. The van der Waals surface area contributed by atoms with Crippen molar-refractivity contribution >= 4 is 23.2 Å². The molecule has 0 aliphatic carbocycles. The number of halogens is 2. The largest absolute Gasteiger partial charge is 0.126 e. The maximum Gasteiger partial charge on any atom is 0.0433 e. The van der Waals surface area contributed by atoms with E-state index in [0.29, 0.717) is 17.7 Å². The Kier molecular flexibility index (Phi) is 4.39. The first kappa shape index (κ1) is 8.32. The lowest BCUT2D eigenvalue weighted by Crippen LogP contribution is -1.99. The molecule has 1 unspecified atom stereocenters. The summed E-state index contributed by atoms with van der Waals surface area (Å²) < 4.78 is 0. The molecule has 0 aromatic rings. The minimum Gasteiger partial charge on any atom is -0.126 e. The minimum absolute atomic E-state index is 0.356. The predicted molar refractivity (Wildman–Crippen MR) is 39.7 cm³/mol. The first-order chi connectivity index (χ1) is 3.72. The first-order valence-corrected chi connectivity index (χ1v) is 3.58. The fourth-order valence-electron chi connectivity index (χ4n) is 0.241. The second kappa shape index (κ2) is 4.22. The third-order valence-electron chi connectivity index (χ3n) is 1.10. The van der Waals surface area contributed by atoms with Gasteiger partial charge in [0.15, 0.2) is 0 Å². The van der Waals surface area contributed by atoms with Gasteiger partial charge in [-0.2, -0.15) is 0 Å². The summed E-state index contributed by atoms with van der Waals surface area (Å²) in [5, 5.41) is 0. The maximum atomic E-state index is 5.51. The summed E-state index contributed by atoms with van der Waals surface area (Å²) in [5.74, 6) is 1.49. The summed E-state index contributed by atoms with van der Waals surface area (Å²) in [4.78, 5) is 0. The van der Waals surface area contributed by atoms with E-state index in [4.69, 9.17) is 23.2 Å². The molecule has 0 aromatic heterocycles. The second-order valence-electron chi connectivity index (χ2n) is 1.85. The quantitative estimate of drug-likeness (QED) is 0.431. The van der Waals surface area contributed by atoms with Gasteiger partial charge in [-0.15, -0.1) is 23.2 Å². The van der Waals surface area contributed by atoms with Gasteiger partial charge in [-0.05, 0) is 5.92 Å². The number of rotatable bonds is 3. The van der Waals surface area contributed by atoms with Crippen LogP contribution in [0.3, 0.4) is 0 Å². The van der Waals surface area contributed by atoms with Crippen LogP contribution < -0.4 is 0 Å². The van der Waals surface area contributed by atoms with Crippen molar-refractivity contribution in [2.75, 3.05) is 11.8 Å². The van der Waals surface area contributed by atoms with Crippen molar-refractivity contribution in [1.29, 1.82) is 0 Å². The van der Waals surface area contributed by atoms with E-state index >= 15 is 0 Å². The smallest absolute Gasteiger partial charge is 0.0433 e. The van der Waals surface area contributed by atoms with Crippen LogP contribution in [0.5, 0.6) is 0 Å². The molecular formula is C6H10Cl2. The van der Waals surface area contributed by atoms with E-state index in [1.165, 1.54) is 0 Å². The van der Waals surface area contributed by atoms with Crippen LogP contribution in [0, 0.1) is 5.92 Å². The highest BCUT2D eigenvalue weighted by Gasteiger charge is 2.01. The summed E-state index contributed by atoms with van der Waals surface area (Å²) >= 11 is 11.0. The Balaban J connectivity index is 3.46. The standard InChI is InChI=1S/C6H10Cl2/c1-5(3-7)6(2)4-8/h6H,1,3-4H2,2H3. The molecule has 2 heteroatoms. The predicted octanol–water partition coefficient (Wildman–Crippen LogP) is 2.66. The highest BCUT2D eigenvalue weighted by atomic mass is 35.5. The number of allylic oxidation sites excluding steroid dienone is 1. The molecule has 0 amide bonds. The summed E-state index contributed by atoms with van der Waals surface area (Å²) in [6.45, 7) is 5.74. The van der Waals surface area contributed by atoms with Gasteiger partial charge >= 0.3 is 0 Å². The van der Waals surface area contributed by atoms with Gasteiger partial charge in [-0.3, -0.25) is 0 Å². The van der Waals surface area contributed by atoms with E-state index in [9.17, 15) is 0 Å². The molecule has 0 heterocycles. The lowest BCUT2D eigenvalue weighted by atomic mass is 10.1. The monoisotopic (exact) mass is 152 g/mol. The lowest BCUT2D eigenvalue weighted by molar-refractivity contribution is 0.784. The van der Waals surface area contributed by atoms with Crippen molar-refractivity contribution in [3.8, 4) is 0 Å². The van der Waals surface area contributed by atoms with Crippen molar-refractivity contribution < 1.29 is 0 Å². The van der Waals surface area contributed by atoms with E-state index in [0.717, 1.165) is 5.57 Å². The summed E-state index contributed by atoms with van der Waals surface area (Å²) in [7, 11) is 0. The number of hydrogen-bond acceptors (Lipinski definition) is 0. The summed E-state index contributed by atoms with van der Waals surface area (Å²) in [6, 6.07) is 0. The Morgan fingerprint density at radius 3 is 2.25 bits per heavy atom. The van der Waals surface area contributed by atoms with Crippen molar-refractivity contribution in [2.45, 2.75) is 6.92 Å². The van der Waals surface area contributed by atoms with E-state index in [-0.39, 0.29) is 0 Å². The van der Waals surface area contributed by atoms with Crippen LogP contribution in [0.25, 0.3) is 0 Å². The molecule has 0 nitrogen and oxygen atoms in total. The average Bonchev–Trinajstić information content (AvgIpc) is 1.84. The average molecular weight is 153 g/mol. The van der Waals surface area contributed by atoms with Crippen LogP contribution in [0.1, 0.15) is 6.92 Å². The number of hydrogen-bond donors (Lipinski definition) is 0. The molecule has 8 heavy (non-hydrogen) atoms. The van der Waals surface area contributed by atoms with E-state index < -0.39 is 0 Å². The molecule has 0 spiro atoms. The van der Waals surface area contributed by atoms with Crippen molar-refractivity contribution in [1.82, 2.24) is 0 Å². The number of alkyl halides is 2. The van der Waals surface area contributed by atoms with Gasteiger partial charge in [0.05, 0.1) is 0 Å². The molecule has 0 saturated carbocycles. The zero-order valence-corrected chi connectivity index (χ0v) is 6.47. The van der Waals surface area contributed by atoms with Crippen molar-refractivity contribution in [2.24, 2.45) is 5.92 Å². The molecule has 0 aliphatic heterocycles. The van der Waals surface area contributed by atoms with E-state index in [1.807, 2.05) is 6.92 Å². The van der Waals surface area contributed by atoms with Gasteiger partial charge in [0, 0.05) is 11.8 Å². The lowest BCUT2D eigenvalue weighted by Gasteiger charge is -2.05. The second-order valence-corrected chi connectivity index (χ2v) is 2.42. The Morgan fingerprint density at radius 2 is 2.12 bits per heavy atom. The van der Waals surface area contributed by atoms with Crippen LogP contribution >= 0.6 is 23.2 Å². The van der Waals surface area contributed by atoms with Crippen LogP contribution in [0.2, 0.25) is 0 Å². The molecule has 0 fully saturated rings. The van der Waals surface area contributed by atoms with Crippen LogP contribution in [0.15, 0.2) is 12.2 Å². The van der Waals surface area contributed by atoms with Gasteiger partial charge in [-0.1, -0.05) is 19.1 Å². The van der Waals surface area contributed by atoms with Gasteiger partial charge in [0.1, 0.15) is 0 Å². The highest BCUT2D eigenvalue weighted by Crippen LogP contribution is 2.10. The van der Waals surface area contributed by atoms with Crippen LogP contribution in [-0.2, 0) is 0 Å². The van der Waals surface area contributed by atoms with Gasteiger partial charge < -0.3 is 0 Å². The Hall–Kier alpha value is 0.320. The molecule has 0 N–H and O–H groups in total. The molecule has 0 radical (unpaired) electrons. The molecule has 0 rings (SSSR count). The molecular weight excluding hydrogens is 143 g/mol. The Morgan fingerprint density at radius 1 is 1.62 bits per heavy atom. The van der Waals surface area contributed by atoms with Crippen molar-refractivity contribution in [3.05, 3.63) is 12.2 Å². The van der Waals surface area contributed by atoms with Gasteiger partial charge in [0.2, 0.25) is 0 Å². The van der Waals surface area contributed by atoms with Gasteiger partial charge in [0.25, 0.3) is 0 Å². The zero-order valence-electron chi connectivity index (χ0n) is 4.95. The fraction of sp³-hybridized carbons (Fsp3) is 0.667. The third-order valence-corrected chi connectivity index (χ3v) is 1.91. The van der Waals surface area contributed by atoms with E-state index in [2.05, 4.69) is 6.58 Å². The fourth-order valence-corrected chi connectivity index (χ4v) is 0.722. The molecule has 0 aromatic carbocycles. The summed E-state index contributed by atoms with van der Waals surface area (Å²) in [6.07, 6.45) is 0. The molecule has 0 bridgehead atoms. The molecule has 1 atom stereocenters. The summed E-state index contributed by atoms with van der Waals surface area (Å²) in [5.41, 5.74) is 1.02. The maximum absolute atomic E-state index is 5.51. The Bertz CT molecular complexity index is 78.6. The SMILES string of the molecule is C=C(CCl)C(C)CCl. The highest BCUT2D eigenvalue weighted by molar-refractivity contribution is 6.20. The molecule has 0 saturated heterocycles. The molecule has 0 aliphatic rings. The Labute approximate surface area is 60.5 Å².